The number of hydrogen-bond donors (Lipinski definition) is 0. The molecule has 94 valence electrons. The molecule has 1 aromatic carbocycles. The van der Waals surface area contributed by atoms with Gasteiger partial charge < -0.3 is 4.74 Å². The van der Waals surface area contributed by atoms with E-state index in [2.05, 4.69) is 32.0 Å². The summed E-state index contributed by atoms with van der Waals surface area (Å²) in [7, 11) is 0. The van der Waals surface area contributed by atoms with Crippen molar-refractivity contribution in [3.05, 3.63) is 28.8 Å². The van der Waals surface area contributed by atoms with Crippen LogP contribution in [0.3, 0.4) is 0 Å². The molecule has 1 atom stereocenters. The number of ether oxygens (including phenoxy) is 1. The number of benzene rings is 1. The van der Waals surface area contributed by atoms with Crippen molar-refractivity contribution in [2.24, 2.45) is 0 Å². The van der Waals surface area contributed by atoms with Crippen LogP contribution in [-0.2, 0) is 0 Å². The van der Waals surface area contributed by atoms with Crippen LogP contribution in [0, 0.1) is 25.2 Å². The minimum Gasteiger partial charge on any atom is -0.487 e. The molecule has 1 aliphatic heterocycles. The zero-order valence-electron chi connectivity index (χ0n) is 11.1. The van der Waals surface area contributed by atoms with Gasteiger partial charge in [0.1, 0.15) is 11.4 Å². The van der Waals surface area contributed by atoms with Gasteiger partial charge in [0, 0.05) is 12.0 Å². The molecule has 1 heterocycles. The van der Waals surface area contributed by atoms with Crippen LogP contribution in [0.2, 0.25) is 0 Å². The van der Waals surface area contributed by atoms with Crippen molar-refractivity contribution in [2.45, 2.75) is 57.5 Å². The molecule has 1 spiro atoms. The van der Waals surface area contributed by atoms with Crippen LogP contribution >= 0.6 is 0 Å². The monoisotopic (exact) mass is 241 g/mol. The smallest absolute Gasteiger partial charge is 0.127 e. The molecule has 0 saturated heterocycles. The van der Waals surface area contributed by atoms with E-state index in [1.807, 2.05) is 0 Å². The highest BCUT2D eigenvalue weighted by Gasteiger charge is 2.43. The van der Waals surface area contributed by atoms with Gasteiger partial charge >= 0.3 is 0 Å². The molecule has 0 bridgehead atoms. The highest BCUT2D eigenvalue weighted by molar-refractivity contribution is 5.49. The maximum absolute atomic E-state index is 9.46. The fourth-order valence-corrected chi connectivity index (χ4v) is 3.57. The Labute approximate surface area is 109 Å². The van der Waals surface area contributed by atoms with Crippen molar-refractivity contribution >= 4 is 0 Å². The Bertz CT molecular complexity index is 521. The first-order chi connectivity index (χ1) is 8.63. The minimum atomic E-state index is -0.0482. The second kappa shape index (κ2) is 4.02. The second-order valence-electron chi connectivity index (χ2n) is 5.88. The number of nitriles is 1. The summed E-state index contributed by atoms with van der Waals surface area (Å²) in [5.74, 6) is 0.991. The number of hydrogen-bond acceptors (Lipinski definition) is 2. The lowest BCUT2D eigenvalue weighted by molar-refractivity contribution is 0.0476. The number of rotatable bonds is 0. The predicted octanol–water partition coefficient (Wildman–Crippen LogP) is 4.01. The normalized spacial score (nSPS) is 24.4. The highest BCUT2D eigenvalue weighted by Crippen LogP contribution is 2.49. The van der Waals surface area contributed by atoms with Gasteiger partial charge in [-0.2, -0.15) is 5.26 Å². The third-order valence-electron chi connectivity index (χ3n) is 4.39. The molecule has 2 nitrogen and oxygen atoms in total. The van der Waals surface area contributed by atoms with Gasteiger partial charge in [0.25, 0.3) is 0 Å². The number of fused-ring (bicyclic) bond motifs is 1. The first-order valence-electron chi connectivity index (χ1n) is 6.83. The summed E-state index contributed by atoms with van der Waals surface area (Å²) in [6.45, 7) is 4.18. The highest BCUT2D eigenvalue weighted by atomic mass is 16.5. The number of nitrogens with zero attached hydrogens (tertiary/aromatic N) is 1. The van der Waals surface area contributed by atoms with Crippen LogP contribution in [0.1, 0.15) is 54.7 Å². The Morgan fingerprint density at radius 3 is 2.67 bits per heavy atom. The summed E-state index contributed by atoms with van der Waals surface area (Å²) < 4.78 is 6.35. The van der Waals surface area contributed by atoms with Gasteiger partial charge in [0.05, 0.1) is 12.0 Å². The maximum atomic E-state index is 9.46. The predicted molar refractivity (Wildman–Crippen MR) is 70.7 cm³/mol. The van der Waals surface area contributed by atoms with Crippen molar-refractivity contribution in [1.82, 2.24) is 0 Å². The van der Waals surface area contributed by atoms with Crippen LogP contribution in [-0.4, -0.2) is 5.60 Å². The Kier molecular flexibility index (Phi) is 2.59. The van der Waals surface area contributed by atoms with Crippen LogP contribution in [0.4, 0.5) is 0 Å². The maximum Gasteiger partial charge on any atom is 0.127 e. The molecule has 0 N–H and O–H groups in total. The summed E-state index contributed by atoms with van der Waals surface area (Å²) >= 11 is 0. The molecule has 0 aromatic heterocycles. The SMILES string of the molecule is Cc1cc(C)c2c(c1)C(C#N)CC1(CCCC1)O2. The van der Waals surface area contributed by atoms with Gasteiger partial charge in [-0.1, -0.05) is 17.7 Å². The molecule has 1 saturated carbocycles. The van der Waals surface area contributed by atoms with E-state index < -0.39 is 0 Å². The molecule has 3 rings (SSSR count). The fourth-order valence-electron chi connectivity index (χ4n) is 3.57. The molecular weight excluding hydrogens is 222 g/mol. The zero-order chi connectivity index (χ0) is 12.8. The Morgan fingerprint density at radius 2 is 2.00 bits per heavy atom. The quantitative estimate of drug-likeness (QED) is 0.687. The average Bonchev–Trinajstić information content (AvgIpc) is 2.78. The van der Waals surface area contributed by atoms with Gasteiger partial charge in [-0.15, -0.1) is 0 Å². The van der Waals surface area contributed by atoms with E-state index in [1.54, 1.807) is 0 Å². The molecule has 2 aliphatic rings. The van der Waals surface area contributed by atoms with Crippen molar-refractivity contribution in [3.63, 3.8) is 0 Å². The molecule has 18 heavy (non-hydrogen) atoms. The lowest BCUT2D eigenvalue weighted by atomic mass is 9.81. The van der Waals surface area contributed by atoms with E-state index >= 15 is 0 Å². The van der Waals surface area contributed by atoms with Crippen molar-refractivity contribution in [3.8, 4) is 11.8 Å². The Hall–Kier alpha value is -1.49. The van der Waals surface area contributed by atoms with Crippen LogP contribution < -0.4 is 4.74 Å². The minimum absolute atomic E-state index is 0.00505. The van der Waals surface area contributed by atoms with Gasteiger partial charge in [-0.3, -0.25) is 0 Å². The van der Waals surface area contributed by atoms with Gasteiger partial charge in [0.15, 0.2) is 0 Å². The molecule has 1 aliphatic carbocycles. The number of aryl methyl sites for hydroxylation is 2. The Morgan fingerprint density at radius 1 is 1.28 bits per heavy atom. The van der Waals surface area contributed by atoms with Crippen LogP contribution in [0.15, 0.2) is 12.1 Å². The molecule has 0 amide bonds. The van der Waals surface area contributed by atoms with E-state index in [1.165, 1.54) is 24.0 Å². The fraction of sp³-hybridized carbons (Fsp3) is 0.562. The molecule has 2 heteroatoms. The summed E-state index contributed by atoms with van der Waals surface area (Å²) in [4.78, 5) is 0. The van der Waals surface area contributed by atoms with E-state index in [0.717, 1.165) is 30.6 Å². The van der Waals surface area contributed by atoms with E-state index in [-0.39, 0.29) is 11.5 Å². The second-order valence-corrected chi connectivity index (χ2v) is 5.88. The van der Waals surface area contributed by atoms with Crippen molar-refractivity contribution in [1.29, 1.82) is 5.26 Å². The first-order valence-corrected chi connectivity index (χ1v) is 6.83. The van der Waals surface area contributed by atoms with E-state index in [9.17, 15) is 5.26 Å². The lowest BCUT2D eigenvalue weighted by Crippen LogP contribution is -2.38. The van der Waals surface area contributed by atoms with E-state index in [0.29, 0.717) is 0 Å². The first kappa shape index (κ1) is 11.6. The Balaban J connectivity index is 2.10. The molecule has 0 radical (unpaired) electrons. The average molecular weight is 241 g/mol. The van der Waals surface area contributed by atoms with Crippen molar-refractivity contribution in [2.75, 3.05) is 0 Å². The van der Waals surface area contributed by atoms with Crippen molar-refractivity contribution < 1.29 is 4.74 Å². The lowest BCUT2D eigenvalue weighted by Gasteiger charge is -2.38. The van der Waals surface area contributed by atoms with Crippen LogP contribution in [0.25, 0.3) is 0 Å². The molecular formula is C16H19NO. The molecule has 1 aromatic rings. The standard InChI is InChI=1S/C16H19NO/c1-11-7-12(2)15-14(8-11)13(10-17)9-16(18-15)5-3-4-6-16/h7-8,13H,3-6,9H2,1-2H3. The summed E-state index contributed by atoms with van der Waals surface area (Å²) in [6.07, 6.45) is 5.56. The van der Waals surface area contributed by atoms with Gasteiger partial charge in [-0.05, 0) is 45.1 Å². The third kappa shape index (κ3) is 1.70. The summed E-state index contributed by atoms with van der Waals surface area (Å²) in [5, 5.41) is 9.46. The van der Waals surface area contributed by atoms with Gasteiger partial charge in [0.2, 0.25) is 0 Å². The largest absolute Gasteiger partial charge is 0.487 e. The third-order valence-corrected chi connectivity index (χ3v) is 4.39. The summed E-state index contributed by atoms with van der Waals surface area (Å²) in [6, 6.07) is 6.76. The summed E-state index contributed by atoms with van der Waals surface area (Å²) in [5.41, 5.74) is 3.45. The zero-order valence-corrected chi connectivity index (χ0v) is 11.1. The van der Waals surface area contributed by atoms with E-state index in [4.69, 9.17) is 4.74 Å². The topological polar surface area (TPSA) is 33.0 Å². The van der Waals surface area contributed by atoms with Crippen LogP contribution in [0.5, 0.6) is 5.75 Å². The molecule has 1 unspecified atom stereocenters. The van der Waals surface area contributed by atoms with Gasteiger partial charge in [-0.25, -0.2) is 0 Å². The molecule has 1 fully saturated rings.